The van der Waals surface area contributed by atoms with Crippen LogP contribution in [0.25, 0.3) is 0 Å². The van der Waals surface area contributed by atoms with Crippen LogP contribution in [0.15, 0.2) is 42.5 Å². The molecule has 3 aliphatic heterocycles. The highest BCUT2D eigenvalue weighted by Crippen LogP contribution is 2.49. The van der Waals surface area contributed by atoms with E-state index in [2.05, 4.69) is 5.32 Å². The van der Waals surface area contributed by atoms with Gasteiger partial charge in [0.2, 0.25) is 5.91 Å². The van der Waals surface area contributed by atoms with Crippen LogP contribution in [0.5, 0.6) is 5.75 Å². The third-order valence-electron chi connectivity index (χ3n) is 7.06. The number of ether oxygens (including phenoxy) is 2. The van der Waals surface area contributed by atoms with Gasteiger partial charge < -0.3 is 14.4 Å². The summed E-state index contributed by atoms with van der Waals surface area (Å²) in [5.74, 6) is -0.861. The Balaban J connectivity index is 1.65. The molecule has 5 rings (SSSR count). The van der Waals surface area contributed by atoms with Crippen molar-refractivity contribution in [3.8, 4) is 5.75 Å². The van der Waals surface area contributed by atoms with Gasteiger partial charge in [-0.1, -0.05) is 0 Å². The minimum Gasteiger partial charge on any atom is -0.494 e. The van der Waals surface area contributed by atoms with Crippen LogP contribution in [0.4, 0.5) is 21.9 Å². The van der Waals surface area contributed by atoms with E-state index in [1.807, 2.05) is 18.7 Å². The number of carbonyl (C=O) groups excluding carboxylic acids is 3. The van der Waals surface area contributed by atoms with Crippen LogP contribution in [-0.2, 0) is 20.7 Å². The van der Waals surface area contributed by atoms with Crippen LogP contribution >= 0.6 is 0 Å². The second-order valence-corrected chi connectivity index (χ2v) is 9.29. The molecule has 11 nitrogen and oxygen atoms in total. The number of nitrogens with zero attached hydrogens (tertiary/aromatic N) is 3. The van der Waals surface area contributed by atoms with E-state index < -0.39 is 40.3 Å². The Bertz CT molecular complexity index is 1260. The lowest BCUT2D eigenvalue weighted by Gasteiger charge is -2.56. The molecule has 2 aromatic carbocycles. The normalized spacial score (nSPS) is 27.4. The molecule has 36 heavy (non-hydrogen) atoms. The summed E-state index contributed by atoms with van der Waals surface area (Å²) in [4.78, 5) is 54.6. The quantitative estimate of drug-likeness (QED) is 0.390. The van der Waals surface area contributed by atoms with Gasteiger partial charge in [-0.05, 0) is 56.7 Å². The van der Waals surface area contributed by atoms with Crippen molar-refractivity contribution < 1.29 is 28.8 Å². The lowest BCUT2D eigenvalue weighted by Crippen LogP contribution is -2.76. The number of carbonyl (C=O) groups is 3. The molecular formula is C25H26N4O7. The van der Waals surface area contributed by atoms with E-state index in [0.717, 1.165) is 4.90 Å². The lowest BCUT2D eigenvalue weighted by molar-refractivity contribution is -0.384. The molecule has 0 aromatic heterocycles. The number of hydrogen-bond donors (Lipinski definition) is 1. The lowest BCUT2D eigenvalue weighted by atomic mass is 9.66. The first-order chi connectivity index (χ1) is 17.2. The highest BCUT2D eigenvalue weighted by molar-refractivity contribution is 6.30. The van der Waals surface area contributed by atoms with Gasteiger partial charge in [0.25, 0.3) is 11.6 Å². The molecule has 1 spiro atoms. The van der Waals surface area contributed by atoms with Gasteiger partial charge >= 0.3 is 6.03 Å². The van der Waals surface area contributed by atoms with Gasteiger partial charge in [0.15, 0.2) is 5.41 Å². The van der Waals surface area contributed by atoms with Crippen molar-refractivity contribution in [3.63, 3.8) is 0 Å². The first kappa shape index (κ1) is 23.7. The number of non-ortho nitro benzene ring substituents is 1. The van der Waals surface area contributed by atoms with Crippen molar-refractivity contribution in [2.24, 2.45) is 5.41 Å². The number of rotatable bonds is 4. The van der Waals surface area contributed by atoms with Gasteiger partial charge in [-0.2, -0.15) is 0 Å². The zero-order chi connectivity index (χ0) is 25.8. The van der Waals surface area contributed by atoms with Crippen molar-refractivity contribution in [2.45, 2.75) is 45.4 Å². The number of barbiturate groups is 1. The van der Waals surface area contributed by atoms with Gasteiger partial charge in [0.1, 0.15) is 5.75 Å². The maximum atomic E-state index is 14.2. The van der Waals surface area contributed by atoms with Crippen molar-refractivity contribution in [3.05, 3.63) is 58.1 Å². The van der Waals surface area contributed by atoms with Gasteiger partial charge in [0, 0.05) is 30.8 Å². The predicted molar refractivity (Wildman–Crippen MR) is 129 cm³/mol. The van der Waals surface area contributed by atoms with Crippen LogP contribution < -0.4 is 19.9 Å². The van der Waals surface area contributed by atoms with Gasteiger partial charge in [0.05, 0.1) is 35.5 Å². The van der Waals surface area contributed by atoms with Crippen LogP contribution in [0.2, 0.25) is 0 Å². The van der Waals surface area contributed by atoms with Gasteiger partial charge in [-0.3, -0.25) is 25.0 Å². The summed E-state index contributed by atoms with van der Waals surface area (Å²) in [7, 11) is 0. The molecule has 188 valence electrons. The average Bonchev–Trinajstić information content (AvgIpc) is 2.83. The number of morpholine rings is 1. The molecule has 2 saturated heterocycles. The second-order valence-electron chi connectivity index (χ2n) is 9.29. The minimum atomic E-state index is -1.74. The topological polar surface area (TPSA) is 131 Å². The Labute approximate surface area is 207 Å². The molecule has 3 heterocycles. The molecule has 1 N–H and O–H groups in total. The third-order valence-corrected chi connectivity index (χ3v) is 7.06. The zero-order valence-corrected chi connectivity index (χ0v) is 20.1. The Kier molecular flexibility index (Phi) is 5.67. The Morgan fingerprint density at radius 2 is 1.89 bits per heavy atom. The summed E-state index contributed by atoms with van der Waals surface area (Å²) in [6.45, 7) is 6.36. The Hall–Kier alpha value is -3.99. The third kappa shape index (κ3) is 3.49. The maximum absolute atomic E-state index is 14.2. The first-order valence-corrected chi connectivity index (χ1v) is 11.8. The van der Waals surface area contributed by atoms with E-state index in [0.29, 0.717) is 30.2 Å². The minimum absolute atomic E-state index is 0.112. The van der Waals surface area contributed by atoms with Crippen LogP contribution in [0, 0.1) is 15.5 Å². The van der Waals surface area contributed by atoms with Crippen molar-refractivity contribution in [1.82, 2.24) is 5.32 Å². The first-order valence-electron chi connectivity index (χ1n) is 11.8. The number of nitrogens with one attached hydrogen (secondary N) is 1. The molecule has 4 atom stereocenters. The fourth-order valence-electron chi connectivity index (χ4n) is 5.72. The highest BCUT2D eigenvalue weighted by atomic mass is 16.6. The number of hydrogen-bond acceptors (Lipinski definition) is 8. The number of imide groups is 2. The molecule has 0 saturated carbocycles. The molecule has 2 fully saturated rings. The summed E-state index contributed by atoms with van der Waals surface area (Å²) < 4.78 is 11.5. The van der Waals surface area contributed by atoms with Crippen molar-refractivity contribution >= 4 is 34.9 Å². The number of anilines is 2. The summed E-state index contributed by atoms with van der Waals surface area (Å²) in [6, 6.07) is 9.32. The number of benzene rings is 2. The number of urea groups is 1. The largest absolute Gasteiger partial charge is 0.494 e. The molecule has 11 heteroatoms. The van der Waals surface area contributed by atoms with E-state index in [4.69, 9.17) is 9.47 Å². The average molecular weight is 495 g/mol. The molecule has 2 aromatic rings. The number of fused-ring (bicyclic) bond motifs is 4. The zero-order valence-electron chi connectivity index (χ0n) is 20.1. The summed E-state index contributed by atoms with van der Waals surface area (Å²) in [5, 5.41) is 13.9. The summed E-state index contributed by atoms with van der Waals surface area (Å²) in [6.07, 6.45) is -0.860. The van der Waals surface area contributed by atoms with E-state index in [9.17, 15) is 24.5 Å². The molecule has 4 amide bonds. The van der Waals surface area contributed by atoms with E-state index in [1.54, 1.807) is 37.3 Å². The Morgan fingerprint density at radius 3 is 2.56 bits per heavy atom. The second kappa shape index (κ2) is 8.59. The van der Waals surface area contributed by atoms with Crippen LogP contribution in [0.1, 0.15) is 26.3 Å². The monoisotopic (exact) mass is 494 g/mol. The highest BCUT2D eigenvalue weighted by Gasteiger charge is 2.65. The van der Waals surface area contributed by atoms with Crippen LogP contribution in [0.3, 0.4) is 0 Å². The SMILES string of the molecule is CCOc1ccc(N2C(=O)NC(=O)[C@]3(Cc4cc([N+](=O)[O-])ccc4N4C[C@H](C)O[C@H](C)[C@@H]43)C2=O)cc1. The maximum Gasteiger partial charge on any atom is 0.335 e. The number of nitro groups is 1. The van der Waals surface area contributed by atoms with Crippen molar-refractivity contribution in [2.75, 3.05) is 23.0 Å². The fraction of sp³-hybridized carbons (Fsp3) is 0.400. The van der Waals surface area contributed by atoms with Gasteiger partial charge in [-0.15, -0.1) is 0 Å². The molecule has 0 bridgehead atoms. The summed E-state index contributed by atoms with van der Waals surface area (Å²) in [5.41, 5.74) is -0.398. The van der Waals surface area contributed by atoms with Crippen LogP contribution in [-0.4, -0.2) is 54.2 Å². The van der Waals surface area contributed by atoms with E-state index in [1.165, 1.54) is 12.1 Å². The Morgan fingerprint density at radius 1 is 1.17 bits per heavy atom. The summed E-state index contributed by atoms with van der Waals surface area (Å²) >= 11 is 0. The smallest absolute Gasteiger partial charge is 0.335 e. The molecule has 0 aliphatic carbocycles. The number of nitro benzene ring substituents is 1. The van der Waals surface area contributed by atoms with E-state index >= 15 is 0 Å². The van der Waals surface area contributed by atoms with Crippen molar-refractivity contribution in [1.29, 1.82) is 0 Å². The fourth-order valence-corrected chi connectivity index (χ4v) is 5.72. The molecular weight excluding hydrogens is 468 g/mol. The standard InChI is InChI=1S/C25H26N4O7/c1-4-35-19-8-5-17(6-9-19)28-23(31)25(22(30)26-24(28)32)12-16-11-18(29(33)34)7-10-20(16)27-13-14(2)36-15(3)21(25)27/h5-11,14-15,21H,4,12-13H2,1-3H3,(H,26,30,32)/t14-,15+,21+,25+/m0/s1. The number of amides is 4. The van der Waals surface area contributed by atoms with E-state index in [-0.39, 0.29) is 23.9 Å². The predicted octanol–water partition coefficient (Wildman–Crippen LogP) is 2.80. The molecule has 3 aliphatic rings. The molecule has 0 radical (unpaired) electrons. The molecule has 0 unspecified atom stereocenters. The van der Waals surface area contributed by atoms with Gasteiger partial charge in [-0.25, -0.2) is 9.69 Å².